The van der Waals surface area contributed by atoms with Crippen LogP contribution in [0, 0.1) is 0 Å². The Morgan fingerprint density at radius 2 is 1.37 bits per heavy atom. The fourth-order valence-electron chi connectivity index (χ4n) is 2.74. The Balaban J connectivity index is 2.12. The topological polar surface area (TPSA) is 162 Å². The monoisotopic (exact) mass is 415 g/mol. The lowest BCUT2D eigenvalue weighted by Crippen LogP contribution is -2.55. The summed E-state index contributed by atoms with van der Waals surface area (Å²) in [6.45, 7) is -0.586. The van der Waals surface area contributed by atoms with Crippen LogP contribution in [0.1, 0.15) is 11.1 Å². The van der Waals surface area contributed by atoms with E-state index in [1.54, 1.807) is 24.3 Å². The van der Waals surface area contributed by atoms with Crippen LogP contribution in [0.15, 0.2) is 48.5 Å². The number of aromatic hydroxyl groups is 2. The largest absolute Gasteiger partial charge is 0.508 e. The maximum atomic E-state index is 12.8. The van der Waals surface area contributed by atoms with Crippen LogP contribution in [0.4, 0.5) is 0 Å². The standard InChI is InChI=1S/C21H25N3O6/c22-18(12-26)20(29)24-19(10-14-3-7-17(28)8-4-14)21(30)23-15(11-25)9-13-1-5-16(27)6-2-13/h1-8,11,15,18-19,26-28H,9-10,12,22H2,(H,23,30)(H,24,29)/t15-,18+,19-/m0/s1. The summed E-state index contributed by atoms with van der Waals surface area (Å²) in [6, 6.07) is 9.21. The molecule has 0 radical (unpaired) electrons. The summed E-state index contributed by atoms with van der Waals surface area (Å²) in [5.74, 6) is -1.17. The highest BCUT2D eigenvalue weighted by molar-refractivity contribution is 5.91. The lowest BCUT2D eigenvalue weighted by molar-refractivity contribution is -0.131. The maximum absolute atomic E-state index is 12.8. The molecule has 0 unspecified atom stereocenters. The molecule has 7 N–H and O–H groups in total. The lowest BCUT2D eigenvalue weighted by atomic mass is 10.0. The van der Waals surface area contributed by atoms with Crippen molar-refractivity contribution in [1.82, 2.24) is 10.6 Å². The smallest absolute Gasteiger partial charge is 0.243 e. The van der Waals surface area contributed by atoms with Crippen LogP contribution in [0.25, 0.3) is 0 Å². The molecule has 160 valence electrons. The second-order valence-electron chi connectivity index (χ2n) is 6.84. The highest BCUT2D eigenvalue weighted by Crippen LogP contribution is 2.13. The Morgan fingerprint density at radius 3 is 1.83 bits per heavy atom. The van der Waals surface area contributed by atoms with E-state index in [1.807, 2.05) is 0 Å². The van der Waals surface area contributed by atoms with E-state index >= 15 is 0 Å². The summed E-state index contributed by atoms with van der Waals surface area (Å²) >= 11 is 0. The number of amides is 2. The third-order valence-corrected chi connectivity index (χ3v) is 4.43. The van der Waals surface area contributed by atoms with E-state index in [9.17, 15) is 24.6 Å². The molecular formula is C21H25N3O6. The summed E-state index contributed by atoms with van der Waals surface area (Å²) in [5.41, 5.74) is 6.90. The number of benzene rings is 2. The third kappa shape index (κ3) is 6.87. The fraction of sp³-hybridized carbons (Fsp3) is 0.286. The van der Waals surface area contributed by atoms with Crippen molar-refractivity contribution >= 4 is 18.1 Å². The van der Waals surface area contributed by atoms with Gasteiger partial charge in [0.15, 0.2) is 0 Å². The first kappa shape index (κ1) is 22.9. The molecule has 0 saturated heterocycles. The zero-order valence-corrected chi connectivity index (χ0v) is 16.2. The van der Waals surface area contributed by atoms with Crippen molar-refractivity contribution in [3.8, 4) is 11.5 Å². The Hall–Kier alpha value is -3.43. The predicted octanol–water partition coefficient (Wildman–Crippen LogP) is -0.629. The van der Waals surface area contributed by atoms with Crippen molar-refractivity contribution < 1.29 is 29.7 Å². The first-order valence-corrected chi connectivity index (χ1v) is 9.30. The second kappa shape index (κ2) is 10.9. The van der Waals surface area contributed by atoms with Crippen LogP contribution >= 0.6 is 0 Å². The molecule has 0 fully saturated rings. The zero-order chi connectivity index (χ0) is 22.1. The average Bonchev–Trinajstić information content (AvgIpc) is 2.74. The highest BCUT2D eigenvalue weighted by Gasteiger charge is 2.25. The molecule has 0 bridgehead atoms. The number of rotatable bonds is 10. The minimum absolute atomic E-state index is 0.0565. The molecule has 0 aromatic heterocycles. The number of aliphatic hydroxyl groups excluding tert-OH is 1. The minimum Gasteiger partial charge on any atom is -0.508 e. The molecule has 0 spiro atoms. The van der Waals surface area contributed by atoms with E-state index in [4.69, 9.17) is 10.8 Å². The van der Waals surface area contributed by atoms with Gasteiger partial charge in [0.25, 0.3) is 0 Å². The van der Waals surface area contributed by atoms with E-state index in [0.29, 0.717) is 11.8 Å². The summed E-state index contributed by atoms with van der Waals surface area (Å²) in [6.07, 6.45) is 0.871. The van der Waals surface area contributed by atoms with Gasteiger partial charge in [-0.1, -0.05) is 24.3 Å². The molecule has 0 aliphatic heterocycles. The van der Waals surface area contributed by atoms with Crippen molar-refractivity contribution in [3.63, 3.8) is 0 Å². The molecule has 0 aliphatic rings. The number of carbonyl (C=O) groups excluding carboxylic acids is 3. The van der Waals surface area contributed by atoms with Crippen molar-refractivity contribution in [1.29, 1.82) is 0 Å². The molecule has 9 heteroatoms. The van der Waals surface area contributed by atoms with E-state index in [1.165, 1.54) is 24.3 Å². The normalized spacial score (nSPS) is 13.7. The Labute approximate surface area is 173 Å². The van der Waals surface area contributed by atoms with Gasteiger partial charge in [0.1, 0.15) is 29.9 Å². The molecule has 0 aliphatic carbocycles. The molecule has 0 heterocycles. The second-order valence-corrected chi connectivity index (χ2v) is 6.84. The molecular weight excluding hydrogens is 390 g/mol. The van der Waals surface area contributed by atoms with Gasteiger partial charge < -0.3 is 36.5 Å². The quantitative estimate of drug-likeness (QED) is 0.282. The lowest BCUT2D eigenvalue weighted by Gasteiger charge is -2.22. The van der Waals surface area contributed by atoms with Gasteiger partial charge in [-0.15, -0.1) is 0 Å². The van der Waals surface area contributed by atoms with Gasteiger partial charge in [-0.05, 0) is 41.8 Å². The summed E-state index contributed by atoms with van der Waals surface area (Å²) in [4.78, 5) is 36.4. The van der Waals surface area contributed by atoms with Gasteiger partial charge in [-0.25, -0.2) is 0 Å². The van der Waals surface area contributed by atoms with Gasteiger partial charge in [0.05, 0.1) is 12.6 Å². The first-order chi connectivity index (χ1) is 14.3. The SMILES string of the molecule is N[C@H](CO)C(=O)N[C@@H](Cc1ccc(O)cc1)C(=O)N[C@H](C=O)Cc1ccc(O)cc1. The molecule has 9 nitrogen and oxygen atoms in total. The summed E-state index contributed by atoms with van der Waals surface area (Å²) in [7, 11) is 0. The molecule has 2 aromatic carbocycles. The number of aliphatic hydroxyl groups is 1. The van der Waals surface area contributed by atoms with E-state index in [-0.39, 0.29) is 24.3 Å². The number of phenolic OH excluding ortho intramolecular Hbond substituents is 2. The predicted molar refractivity (Wildman–Crippen MR) is 109 cm³/mol. The third-order valence-electron chi connectivity index (χ3n) is 4.43. The van der Waals surface area contributed by atoms with Crippen LogP contribution in [0.2, 0.25) is 0 Å². The van der Waals surface area contributed by atoms with Crippen molar-refractivity contribution in [2.75, 3.05) is 6.61 Å². The zero-order valence-electron chi connectivity index (χ0n) is 16.2. The van der Waals surface area contributed by atoms with Gasteiger partial charge in [0, 0.05) is 6.42 Å². The molecule has 0 saturated carbocycles. The van der Waals surface area contributed by atoms with Gasteiger partial charge in [0.2, 0.25) is 11.8 Å². The maximum Gasteiger partial charge on any atom is 0.243 e. The highest BCUT2D eigenvalue weighted by atomic mass is 16.3. The Bertz CT molecular complexity index is 854. The Morgan fingerprint density at radius 1 is 0.867 bits per heavy atom. The van der Waals surface area contributed by atoms with Crippen molar-refractivity contribution in [3.05, 3.63) is 59.7 Å². The van der Waals surface area contributed by atoms with Crippen LogP contribution in [0.3, 0.4) is 0 Å². The number of aldehydes is 1. The molecule has 30 heavy (non-hydrogen) atoms. The molecule has 3 atom stereocenters. The van der Waals surface area contributed by atoms with Crippen molar-refractivity contribution in [2.45, 2.75) is 31.0 Å². The Kier molecular flexibility index (Phi) is 8.33. The first-order valence-electron chi connectivity index (χ1n) is 9.30. The van der Waals surface area contributed by atoms with E-state index < -0.39 is 36.5 Å². The van der Waals surface area contributed by atoms with Gasteiger partial charge >= 0.3 is 0 Å². The van der Waals surface area contributed by atoms with Crippen LogP contribution < -0.4 is 16.4 Å². The molecule has 2 amide bonds. The van der Waals surface area contributed by atoms with Crippen molar-refractivity contribution in [2.24, 2.45) is 5.73 Å². The van der Waals surface area contributed by atoms with Crippen LogP contribution in [-0.2, 0) is 27.2 Å². The minimum atomic E-state index is -1.20. The van der Waals surface area contributed by atoms with Crippen LogP contribution in [0.5, 0.6) is 11.5 Å². The number of phenols is 2. The van der Waals surface area contributed by atoms with Gasteiger partial charge in [-0.2, -0.15) is 0 Å². The molecule has 2 aromatic rings. The average molecular weight is 415 g/mol. The molecule has 2 rings (SSSR count). The number of hydrogen-bond donors (Lipinski definition) is 6. The van der Waals surface area contributed by atoms with Gasteiger partial charge in [-0.3, -0.25) is 9.59 Å². The summed E-state index contributed by atoms with van der Waals surface area (Å²) < 4.78 is 0. The number of nitrogens with two attached hydrogens (primary N) is 1. The van der Waals surface area contributed by atoms with Crippen LogP contribution in [-0.4, -0.2) is 58.2 Å². The fourth-order valence-corrected chi connectivity index (χ4v) is 2.74. The van der Waals surface area contributed by atoms with E-state index in [2.05, 4.69) is 10.6 Å². The van der Waals surface area contributed by atoms with E-state index in [0.717, 1.165) is 5.56 Å². The summed E-state index contributed by atoms with van der Waals surface area (Å²) in [5, 5.41) is 32.9. The number of carbonyl (C=O) groups is 3. The number of hydrogen-bond acceptors (Lipinski definition) is 7. The number of nitrogens with one attached hydrogen (secondary N) is 2.